The summed E-state index contributed by atoms with van der Waals surface area (Å²) < 4.78 is 5.04. The van der Waals surface area contributed by atoms with E-state index in [4.69, 9.17) is 10.5 Å². The van der Waals surface area contributed by atoms with Crippen molar-refractivity contribution in [2.45, 2.75) is 20.0 Å². The van der Waals surface area contributed by atoms with Crippen molar-refractivity contribution >= 4 is 5.82 Å². The Morgan fingerprint density at radius 2 is 2.06 bits per heavy atom. The molecule has 1 heterocycles. The number of methoxy groups -OCH3 is 1. The maximum atomic E-state index is 5.79. The number of nitrogens with zero attached hydrogens (tertiary/aromatic N) is 2. The second-order valence-corrected chi connectivity index (χ2v) is 4.08. The number of ether oxygens (including phenoxy) is 1. The van der Waals surface area contributed by atoms with Crippen molar-refractivity contribution in [3.8, 4) is 11.3 Å². The zero-order valence-electron chi connectivity index (χ0n) is 10.7. The van der Waals surface area contributed by atoms with Gasteiger partial charge in [0.1, 0.15) is 12.4 Å². The number of rotatable bonds is 4. The van der Waals surface area contributed by atoms with Gasteiger partial charge in [-0.15, -0.1) is 0 Å². The number of benzene rings is 1. The first-order valence-electron chi connectivity index (χ1n) is 5.94. The summed E-state index contributed by atoms with van der Waals surface area (Å²) in [6.45, 7) is 2.50. The average Bonchev–Trinajstić information content (AvgIpc) is 2.38. The van der Waals surface area contributed by atoms with Gasteiger partial charge in [0.25, 0.3) is 0 Å². The quantitative estimate of drug-likeness (QED) is 0.896. The minimum absolute atomic E-state index is 0.367. The Morgan fingerprint density at radius 1 is 1.22 bits per heavy atom. The van der Waals surface area contributed by atoms with Crippen molar-refractivity contribution < 1.29 is 4.74 Å². The van der Waals surface area contributed by atoms with Gasteiger partial charge >= 0.3 is 0 Å². The summed E-state index contributed by atoms with van der Waals surface area (Å²) in [6, 6.07) is 10.1. The molecule has 4 nitrogen and oxygen atoms in total. The minimum Gasteiger partial charge on any atom is -0.384 e. The molecule has 0 fully saturated rings. The number of nitrogens with two attached hydrogens (primary N) is 1. The van der Waals surface area contributed by atoms with Crippen LogP contribution < -0.4 is 5.73 Å². The third kappa shape index (κ3) is 2.84. The third-order valence-corrected chi connectivity index (χ3v) is 2.70. The number of hydrogen-bond donors (Lipinski definition) is 1. The van der Waals surface area contributed by atoms with Gasteiger partial charge in [-0.25, -0.2) is 9.97 Å². The number of aryl methyl sites for hydroxylation is 1. The van der Waals surface area contributed by atoms with Crippen LogP contribution in [-0.4, -0.2) is 17.1 Å². The molecule has 0 saturated heterocycles. The van der Waals surface area contributed by atoms with Gasteiger partial charge in [0.05, 0.1) is 5.69 Å². The molecule has 1 aromatic heterocycles. The Balaban J connectivity index is 2.42. The van der Waals surface area contributed by atoms with Crippen molar-refractivity contribution in [2.75, 3.05) is 12.8 Å². The molecule has 0 aliphatic carbocycles. The van der Waals surface area contributed by atoms with Crippen LogP contribution in [0.15, 0.2) is 30.3 Å². The Labute approximate surface area is 107 Å². The number of aromatic nitrogens is 2. The van der Waals surface area contributed by atoms with Gasteiger partial charge in [0.2, 0.25) is 0 Å². The van der Waals surface area contributed by atoms with Crippen molar-refractivity contribution in [3.05, 3.63) is 41.7 Å². The first kappa shape index (κ1) is 12.5. The molecule has 0 unspecified atom stereocenters. The van der Waals surface area contributed by atoms with Crippen LogP contribution in [0.4, 0.5) is 5.82 Å². The zero-order chi connectivity index (χ0) is 13.0. The first-order chi connectivity index (χ1) is 8.72. The highest BCUT2D eigenvalue weighted by Gasteiger charge is 2.05. The maximum Gasteiger partial charge on any atom is 0.157 e. The highest BCUT2D eigenvalue weighted by molar-refractivity contribution is 5.62. The van der Waals surface area contributed by atoms with Crippen molar-refractivity contribution in [1.29, 1.82) is 0 Å². The summed E-state index contributed by atoms with van der Waals surface area (Å²) in [5.74, 6) is 1.07. The van der Waals surface area contributed by atoms with Gasteiger partial charge in [-0.05, 0) is 18.1 Å². The highest BCUT2D eigenvalue weighted by atomic mass is 16.5. The Bertz CT molecular complexity index is 540. The molecule has 0 radical (unpaired) electrons. The molecule has 2 N–H and O–H groups in total. The fraction of sp³-hybridized carbons (Fsp3) is 0.286. The lowest BCUT2D eigenvalue weighted by Gasteiger charge is -2.06. The highest BCUT2D eigenvalue weighted by Crippen LogP contribution is 2.20. The topological polar surface area (TPSA) is 61.0 Å². The van der Waals surface area contributed by atoms with Crippen LogP contribution in [0.5, 0.6) is 0 Å². The smallest absolute Gasteiger partial charge is 0.157 e. The Kier molecular flexibility index (Phi) is 3.89. The van der Waals surface area contributed by atoms with E-state index in [9.17, 15) is 0 Å². The van der Waals surface area contributed by atoms with Crippen LogP contribution in [0.25, 0.3) is 11.3 Å². The molecule has 1 aromatic carbocycles. The van der Waals surface area contributed by atoms with Gasteiger partial charge in [-0.3, -0.25) is 0 Å². The van der Waals surface area contributed by atoms with Gasteiger partial charge in [0, 0.05) is 18.7 Å². The molecule has 0 spiro atoms. The molecule has 0 saturated carbocycles. The fourth-order valence-corrected chi connectivity index (χ4v) is 1.81. The van der Waals surface area contributed by atoms with Crippen LogP contribution in [0.2, 0.25) is 0 Å². The lowest BCUT2D eigenvalue weighted by Crippen LogP contribution is -2.02. The van der Waals surface area contributed by atoms with Gasteiger partial charge < -0.3 is 10.5 Å². The van der Waals surface area contributed by atoms with Gasteiger partial charge in [0.15, 0.2) is 5.82 Å². The third-order valence-electron chi connectivity index (χ3n) is 2.70. The van der Waals surface area contributed by atoms with E-state index in [0.29, 0.717) is 18.2 Å². The summed E-state index contributed by atoms with van der Waals surface area (Å²) in [6.07, 6.45) is 0.999. The maximum absolute atomic E-state index is 5.79. The van der Waals surface area contributed by atoms with E-state index < -0.39 is 0 Å². The van der Waals surface area contributed by atoms with E-state index >= 15 is 0 Å². The predicted molar refractivity (Wildman–Crippen MR) is 72.0 cm³/mol. The average molecular weight is 243 g/mol. The zero-order valence-corrected chi connectivity index (χ0v) is 10.7. The first-order valence-corrected chi connectivity index (χ1v) is 5.94. The number of anilines is 1. The van der Waals surface area contributed by atoms with E-state index in [1.165, 1.54) is 5.56 Å². The van der Waals surface area contributed by atoms with Gasteiger partial charge in [-0.2, -0.15) is 0 Å². The standard InChI is InChI=1S/C14H17N3O/c1-3-10-5-4-6-11(7-10)12-8-13(15)17-14(16-12)9-18-2/h4-8H,3,9H2,1-2H3,(H2,15,16,17). The van der Waals surface area contributed by atoms with Crippen molar-refractivity contribution in [2.24, 2.45) is 0 Å². The normalized spacial score (nSPS) is 10.6. The summed E-state index contributed by atoms with van der Waals surface area (Å²) in [4.78, 5) is 8.59. The lowest BCUT2D eigenvalue weighted by atomic mass is 10.1. The Hall–Kier alpha value is -1.94. The van der Waals surface area contributed by atoms with Crippen LogP contribution >= 0.6 is 0 Å². The fourth-order valence-electron chi connectivity index (χ4n) is 1.81. The number of nitrogen functional groups attached to an aromatic ring is 1. The van der Waals surface area contributed by atoms with Gasteiger partial charge in [-0.1, -0.05) is 25.1 Å². The monoisotopic (exact) mass is 243 g/mol. The van der Waals surface area contributed by atoms with Crippen molar-refractivity contribution in [3.63, 3.8) is 0 Å². The molecule has 2 rings (SSSR count). The molecule has 0 aliphatic heterocycles. The summed E-state index contributed by atoms with van der Waals surface area (Å²) >= 11 is 0. The molecule has 18 heavy (non-hydrogen) atoms. The largest absolute Gasteiger partial charge is 0.384 e. The lowest BCUT2D eigenvalue weighted by molar-refractivity contribution is 0.178. The molecular formula is C14H17N3O. The molecular weight excluding hydrogens is 226 g/mol. The molecule has 0 aliphatic rings. The Morgan fingerprint density at radius 3 is 2.78 bits per heavy atom. The molecule has 0 bridgehead atoms. The predicted octanol–water partition coefficient (Wildman–Crippen LogP) is 2.43. The summed E-state index contributed by atoms with van der Waals surface area (Å²) in [7, 11) is 1.62. The van der Waals surface area contributed by atoms with E-state index in [2.05, 4.69) is 29.0 Å². The minimum atomic E-state index is 0.367. The van der Waals surface area contributed by atoms with Crippen LogP contribution in [-0.2, 0) is 17.8 Å². The molecule has 94 valence electrons. The number of hydrogen-bond acceptors (Lipinski definition) is 4. The van der Waals surface area contributed by atoms with E-state index in [-0.39, 0.29) is 0 Å². The molecule has 0 atom stereocenters. The SMILES string of the molecule is CCc1cccc(-c2cc(N)nc(COC)n2)c1. The molecule has 0 amide bonds. The van der Waals surface area contributed by atoms with Crippen LogP contribution in [0.1, 0.15) is 18.3 Å². The molecule has 2 aromatic rings. The second kappa shape index (κ2) is 5.60. The second-order valence-electron chi connectivity index (χ2n) is 4.08. The summed E-state index contributed by atoms with van der Waals surface area (Å²) in [5.41, 5.74) is 8.96. The summed E-state index contributed by atoms with van der Waals surface area (Å²) in [5, 5.41) is 0. The van der Waals surface area contributed by atoms with E-state index in [1.807, 2.05) is 12.1 Å². The van der Waals surface area contributed by atoms with Crippen molar-refractivity contribution in [1.82, 2.24) is 9.97 Å². The van der Waals surface area contributed by atoms with Crippen LogP contribution in [0, 0.1) is 0 Å². The molecule has 4 heteroatoms. The van der Waals surface area contributed by atoms with Crippen LogP contribution in [0.3, 0.4) is 0 Å². The van der Waals surface area contributed by atoms with E-state index in [0.717, 1.165) is 17.7 Å². The van der Waals surface area contributed by atoms with E-state index in [1.54, 1.807) is 13.2 Å².